The molecule has 4 rings (SSSR count). The first kappa shape index (κ1) is 17.3. The Morgan fingerprint density at radius 1 is 1.27 bits per heavy atom. The largest absolute Gasteiger partial charge is 0.348 e. The lowest BCUT2D eigenvalue weighted by Crippen LogP contribution is -2.40. The lowest BCUT2D eigenvalue weighted by atomic mass is 10.0. The van der Waals surface area contributed by atoms with E-state index < -0.39 is 0 Å². The van der Waals surface area contributed by atoms with Gasteiger partial charge in [-0.3, -0.25) is 4.79 Å². The van der Waals surface area contributed by atoms with Crippen LogP contribution in [0.2, 0.25) is 0 Å². The van der Waals surface area contributed by atoms with Crippen molar-refractivity contribution in [1.29, 1.82) is 0 Å². The second kappa shape index (κ2) is 6.88. The molecule has 5 nitrogen and oxygen atoms in total. The molecule has 1 saturated carbocycles. The van der Waals surface area contributed by atoms with Crippen LogP contribution < -0.4 is 11.1 Å². The molecule has 0 radical (unpaired) electrons. The summed E-state index contributed by atoms with van der Waals surface area (Å²) in [6.07, 6.45) is 6.28. The monoisotopic (exact) mass is 352 g/mol. The summed E-state index contributed by atoms with van der Waals surface area (Å²) in [6, 6.07) is 6.58. The van der Waals surface area contributed by atoms with Crippen LogP contribution >= 0.6 is 0 Å². The summed E-state index contributed by atoms with van der Waals surface area (Å²) in [5, 5.41) is 7.98. The van der Waals surface area contributed by atoms with E-state index in [-0.39, 0.29) is 11.9 Å². The summed E-state index contributed by atoms with van der Waals surface area (Å²) in [7, 11) is 0. The van der Waals surface area contributed by atoms with E-state index in [0.717, 1.165) is 49.8 Å². The van der Waals surface area contributed by atoms with Gasteiger partial charge in [-0.2, -0.15) is 5.10 Å². The Morgan fingerprint density at radius 3 is 2.88 bits per heavy atom. The van der Waals surface area contributed by atoms with Crippen LogP contribution in [0.15, 0.2) is 18.2 Å². The number of nitrogens with zero attached hydrogens (tertiary/aromatic N) is 2. The van der Waals surface area contributed by atoms with E-state index in [1.165, 1.54) is 16.8 Å². The van der Waals surface area contributed by atoms with Gasteiger partial charge >= 0.3 is 0 Å². The molecule has 5 heteroatoms. The van der Waals surface area contributed by atoms with Crippen molar-refractivity contribution in [3.63, 3.8) is 0 Å². The quantitative estimate of drug-likeness (QED) is 0.889. The van der Waals surface area contributed by atoms with Gasteiger partial charge in [-0.05, 0) is 70.0 Å². The summed E-state index contributed by atoms with van der Waals surface area (Å²) in [6.45, 7) is 4.84. The van der Waals surface area contributed by atoms with Gasteiger partial charge in [-0.15, -0.1) is 0 Å². The number of rotatable bonds is 4. The fourth-order valence-electron chi connectivity index (χ4n) is 4.61. The Hall–Kier alpha value is -2.14. The molecule has 1 heterocycles. The van der Waals surface area contributed by atoms with Crippen molar-refractivity contribution in [3.8, 4) is 5.69 Å². The van der Waals surface area contributed by atoms with Crippen LogP contribution in [-0.4, -0.2) is 28.3 Å². The van der Waals surface area contributed by atoms with Crippen LogP contribution in [0.4, 0.5) is 0 Å². The molecule has 1 fully saturated rings. The molecule has 138 valence electrons. The van der Waals surface area contributed by atoms with Crippen LogP contribution in [0, 0.1) is 19.8 Å². The van der Waals surface area contributed by atoms with Gasteiger partial charge in [0, 0.05) is 17.3 Å². The topological polar surface area (TPSA) is 72.9 Å². The number of aryl methyl sites for hydroxylation is 2. The van der Waals surface area contributed by atoms with Crippen LogP contribution in [0.5, 0.6) is 0 Å². The summed E-state index contributed by atoms with van der Waals surface area (Å²) >= 11 is 0. The van der Waals surface area contributed by atoms with E-state index in [1.54, 1.807) is 0 Å². The predicted molar refractivity (Wildman–Crippen MR) is 103 cm³/mol. The van der Waals surface area contributed by atoms with Crippen molar-refractivity contribution < 1.29 is 4.79 Å². The van der Waals surface area contributed by atoms with Gasteiger partial charge < -0.3 is 11.1 Å². The molecule has 2 unspecified atom stereocenters. The molecular formula is C21H28N4O. The molecule has 2 aliphatic rings. The maximum Gasteiger partial charge on any atom is 0.272 e. The van der Waals surface area contributed by atoms with E-state index in [2.05, 4.69) is 37.4 Å². The molecule has 1 aromatic carbocycles. The van der Waals surface area contributed by atoms with Gasteiger partial charge in [0.1, 0.15) is 0 Å². The van der Waals surface area contributed by atoms with Crippen LogP contribution in [0.1, 0.15) is 58.6 Å². The van der Waals surface area contributed by atoms with Crippen molar-refractivity contribution in [3.05, 3.63) is 46.3 Å². The normalized spacial score (nSPS) is 21.8. The molecule has 0 saturated heterocycles. The SMILES string of the molecule is Cc1ccc(-n2nc(C(=O)NC3CCCC3CN)c3c2CCC3)c(C)c1. The molecule has 0 spiro atoms. The first-order chi connectivity index (χ1) is 12.6. The van der Waals surface area contributed by atoms with Gasteiger partial charge in [0.15, 0.2) is 5.69 Å². The Bertz CT molecular complexity index is 839. The van der Waals surface area contributed by atoms with Crippen molar-refractivity contribution in [1.82, 2.24) is 15.1 Å². The molecule has 0 aliphatic heterocycles. The highest BCUT2D eigenvalue weighted by atomic mass is 16.2. The number of amides is 1. The van der Waals surface area contributed by atoms with Crippen molar-refractivity contribution in [2.24, 2.45) is 11.7 Å². The molecule has 0 bridgehead atoms. The Balaban J connectivity index is 1.66. The third kappa shape index (κ3) is 2.94. The van der Waals surface area contributed by atoms with E-state index in [0.29, 0.717) is 18.2 Å². The maximum absolute atomic E-state index is 13.0. The second-order valence-electron chi connectivity index (χ2n) is 7.84. The minimum absolute atomic E-state index is 0.0305. The molecule has 2 atom stereocenters. The smallest absolute Gasteiger partial charge is 0.272 e. The minimum atomic E-state index is -0.0305. The average molecular weight is 352 g/mol. The van der Waals surface area contributed by atoms with Gasteiger partial charge in [-0.25, -0.2) is 4.68 Å². The first-order valence-electron chi connectivity index (χ1n) is 9.78. The number of nitrogens with two attached hydrogens (primary N) is 1. The standard InChI is InChI=1S/C21H28N4O/c1-13-9-10-18(14(2)11-13)25-19-8-4-6-16(19)20(24-25)21(26)23-17-7-3-5-15(17)12-22/h9-11,15,17H,3-8,12,22H2,1-2H3,(H,23,26). The summed E-state index contributed by atoms with van der Waals surface area (Å²) in [5.41, 5.74) is 12.3. The fourth-order valence-corrected chi connectivity index (χ4v) is 4.61. The highest BCUT2D eigenvalue weighted by Gasteiger charge is 2.31. The van der Waals surface area contributed by atoms with E-state index in [1.807, 2.05) is 4.68 Å². The number of fused-ring (bicyclic) bond motifs is 1. The third-order valence-corrected chi connectivity index (χ3v) is 6.00. The molecule has 2 aromatic rings. The third-order valence-electron chi connectivity index (χ3n) is 6.00. The number of hydrogen-bond donors (Lipinski definition) is 2. The van der Waals surface area contributed by atoms with E-state index in [4.69, 9.17) is 10.8 Å². The Morgan fingerprint density at radius 2 is 2.12 bits per heavy atom. The first-order valence-corrected chi connectivity index (χ1v) is 9.78. The van der Waals surface area contributed by atoms with Crippen LogP contribution in [0.25, 0.3) is 5.69 Å². The van der Waals surface area contributed by atoms with Gasteiger partial charge in [0.2, 0.25) is 0 Å². The van der Waals surface area contributed by atoms with E-state index >= 15 is 0 Å². The average Bonchev–Trinajstić information content (AvgIpc) is 3.31. The van der Waals surface area contributed by atoms with Crippen molar-refractivity contribution in [2.45, 2.75) is 58.4 Å². The predicted octanol–water partition coefficient (Wildman–Crippen LogP) is 2.84. The number of carbonyl (C=O) groups excluding carboxylic acids is 1. The summed E-state index contributed by atoms with van der Waals surface area (Å²) in [4.78, 5) is 13.0. The highest BCUT2D eigenvalue weighted by Crippen LogP contribution is 2.30. The number of aromatic nitrogens is 2. The number of hydrogen-bond acceptors (Lipinski definition) is 3. The van der Waals surface area contributed by atoms with Gasteiger partial charge in [-0.1, -0.05) is 24.1 Å². The minimum Gasteiger partial charge on any atom is -0.348 e. The van der Waals surface area contributed by atoms with Crippen molar-refractivity contribution in [2.75, 3.05) is 6.54 Å². The Kier molecular flexibility index (Phi) is 4.57. The highest BCUT2D eigenvalue weighted by molar-refractivity contribution is 5.94. The van der Waals surface area contributed by atoms with Gasteiger partial charge in [0.25, 0.3) is 5.91 Å². The molecule has 1 amide bonds. The molecule has 26 heavy (non-hydrogen) atoms. The molecule has 3 N–H and O–H groups in total. The molecule has 1 aromatic heterocycles. The number of carbonyl (C=O) groups is 1. The van der Waals surface area contributed by atoms with Crippen LogP contribution in [-0.2, 0) is 12.8 Å². The zero-order valence-electron chi connectivity index (χ0n) is 15.7. The molecular weight excluding hydrogens is 324 g/mol. The second-order valence-corrected chi connectivity index (χ2v) is 7.84. The van der Waals surface area contributed by atoms with Crippen molar-refractivity contribution >= 4 is 5.91 Å². The number of benzene rings is 1. The Labute approximate surface area is 155 Å². The fraction of sp³-hybridized carbons (Fsp3) is 0.524. The zero-order valence-corrected chi connectivity index (χ0v) is 15.7. The number of nitrogens with one attached hydrogen (secondary N) is 1. The zero-order chi connectivity index (χ0) is 18.3. The van der Waals surface area contributed by atoms with E-state index in [9.17, 15) is 4.79 Å². The lowest BCUT2D eigenvalue weighted by molar-refractivity contribution is 0.0922. The molecule has 2 aliphatic carbocycles. The lowest BCUT2D eigenvalue weighted by Gasteiger charge is -2.19. The summed E-state index contributed by atoms with van der Waals surface area (Å²) < 4.78 is 2.00. The van der Waals surface area contributed by atoms with Crippen LogP contribution in [0.3, 0.4) is 0 Å². The van der Waals surface area contributed by atoms with Gasteiger partial charge in [0.05, 0.1) is 5.69 Å². The summed E-state index contributed by atoms with van der Waals surface area (Å²) in [5.74, 6) is 0.366. The maximum atomic E-state index is 13.0.